The molecular weight excluding hydrogens is 286 g/mol. The molecule has 0 bridgehead atoms. The molecule has 0 amide bonds. The summed E-state index contributed by atoms with van der Waals surface area (Å²) in [5.41, 5.74) is 1.20. The Balaban J connectivity index is 2.01. The second-order valence-corrected chi connectivity index (χ2v) is 6.23. The molecule has 6 heteroatoms. The summed E-state index contributed by atoms with van der Waals surface area (Å²) in [6, 6.07) is 6.14. The molecule has 3 nitrogen and oxygen atoms in total. The van der Waals surface area contributed by atoms with Gasteiger partial charge in [-0.15, -0.1) is 0 Å². The molecule has 1 aromatic heterocycles. The van der Waals surface area contributed by atoms with E-state index in [4.69, 9.17) is 11.6 Å². The highest BCUT2D eigenvalue weighted by Crippen LogP contribution is 2.34. The van der Waals surface area contributed by atoms with E-state index in [9.17, 15) is 0 Å². The number of nitrogens with zero attached hydrogens (tertiary/aromatic N) is 2. The van der Waals surface area contributed by atoms with Gasteiger partial charge in [0.05, 0.1) is 5.02 Å². The molecule has 0 fully saturated rings. The van der Waals surface area contributed by atoms with Gasteiger partial charge in [0.25, 0.3) is 0 Å². The Morgan fingerprint density at radius 2 is 2.33 bits per heavy atom. The maximum Gasteiger partial charge on any atom is 0.174 e. The van der Waals surface area contributed by atoms with Gasteiger partial charge in [-0.2, -0.15) is 4.37 Å². The molecule has 1 aromatic carbocycles. The van der Waals surface area contributed by atoms with Gasteiger partial charge < -0.3 is 5.32 Å². The zero-order valence-corrected chi connectivity index (χ0v) is 12.4. The predicted molar refractivity (Wildman–Crippen MR) is 77.5 cm³/mol. The second kappa shape index (κ2) is 7.09. The first-order valence-electron chi connectivity index (χ1n) is 5.73. The number of hydrogen-bond acceptors (Lipinski definition) is 5. The summed E-state index contributed by atoms with van der Waals surface area (Å²) in [6.45, 7) is 4.04. The van der Waals surface area contributed by atoms with Crippen LogP contribution in [0.25, 0.3) is 0 Å². The van der Waals surface area contributed by atoms with Gasteiger partial charge >= 0.3 is 0 Å². The lowest BCUT2D eigenvalue weighted by atomic mass is 10.2. The van der Waals surface area contributed by atoms with Crippen molar-refractivity contribution in [3.05, 3.63) is 35.1 Å². The maximum absolute atomic E-state index is 6.27. The fraction of sp³-hybridized carbons (Fsp3) is 0.333. The summed E-state index contributed by atoms with van der Waals surface area (Å²) in [6.07, 6.45) is 2.70. The Morgan fingerprint density at radius 1 is 1.44 bits per heavy atom. The van der Waals surface area contributed by atoms with Gasteiger partial charge in [-0.05, 0) is 42.2 Å². The zero-order chi connectivity index (χ0) is 12.8. The first kappa shape index (κ1) is 13.8. The van der Waals surface area contributed by atoms with E-state index in [1.165, 1.54) is 17.1 Å². The van der Waals surface area contributed by atoms with E-state index in [-0.39, 0.29) is 0 Å². The molecule has 0 saturated carbocycles. The van der Waals surface area contributed by atoms with Crippen LogP contribution in [-0.4, -0.2) is 15.9 Å². The fourth-order valence-corrected chi connectivity index (χ4v) is 3.17. The molecule has 2 rings (SSSR count). The monoisotopic (exact) mass is 299 g/mol. The van der Waals surface area contributed by atoms with Crippen molar-refractivity contribution in [3.63, 3.8) is 0 Å². The molecule has 0 aliphatic carbocycles. The van der Waals surface area contributed by atoms with E-state index in [1.807, 2.05) is 12.1 Å². The van der Waals surface area contributed by atoms with E-state index in [2.05, 4.69) is 27.7 Å². The SMILES string of the molecule is CCCNCc1ccc(Sc2ncns2)c(Cl)c1. The predicted octanol–water partition coefficient (Wildman–Crippen LogP) is 3.84. The lowest BCUT2D eigenvalue weighted by Gasteiger charge is -2.06. The number of hydrogen-bond donors (Lipinski definition) is 1. The molecule has 0 unspecified atom stereocenters. The minimum Gasteiger partial charge on any atom is -0.313 e. The van der Waals surface area contributed by atoms with Crippen LogP contribution in [0.3, 0.4) is 0 Å². The quantitative estimate of drug-likeness (QED) is 0.822. The van der Waals surface area contributed by atoms with Gasteiger partial charge in [-0.1, -0.05) is 36.4 Å². The van der Waals surface area contributed by atoms with Crippen LogP contribution in [0, 0.1) is 0 Å². The molecule has 96 valence electrons. The standard InChI is InChI=1S/C12H14ClN3S2/c1-2-5-14-7-9-3-4-11(10(13)6-9)17-12-15-8-16-18-12/h3-4,6,8,14H,2,5,7H2,1H3. The van der Waals surface area contributed by atoms with Crippen molar-refractivity contribution in [1.29, 1.82) is 0 Å². The van der Waals surface area contributed by atoms with Crippen molar-refractivity contribution in [2.75, 3.05) is 6.54 Å². The van der Waals surface area contributed by atoms with Crippen LogP contribution in [0.4, 0.5) is 0 Å². The topological polar surface area (TPSA) is 37.8 Å². The van der Waals surface area contributed by atoms with Crippen LogP contribution in [0.15, 0.2) is 33.8 Å². The number of benzene rings is 1. The molecule has 2 aromatic rings. The third kappa shape index (κ3) is 3.95. The Bertz CT molecular complexity index is 488. The van der Waals surface area contributed by atoms with Gasteiger partial charge in [0, 0.05) is 11.4 Å². The van der Waals surface area contributed by atoms with E-state index in [1.54, 1.807) is 18.1 Å². The lowest BCUT2D eigenvalue weighted by molar-refractivity contribution is 0.675. The van der Waals surface area contributed by atoms with Crippen LogP contribution in [0.5, 0.6) is 0 Å². The van der Waals surface area contributed by atoms with Crippen molar-refractivity contribution >= 4 is 34.9 Å². The Morgan fingerprint density at radius 3 is 3.00 bits per heavy atom. The summed E-state index contributed by atoms with van der Waals surface area (Å²) < 4.78 is 4.88. The summed E-state index contributed by atoms with van der Waals surface area (Å²) in [5, 5.41) is 4.13. The van der Waals surface area contributed by atoms with Crippen molar-refractivity contribution in [1.82, 2.24) is 14.7 Å². The fourth-order valence-electron chi connectivity index (χ4n) is 1.45. The van der Waals surface area contributed by atoms with Gasteiger partial charge in [0.15, 0.2) is 4.34 Å². The molecule has 1 heterocycles. The minimum absolute atomic E-state index is 0.769. The highest BCUT2D eigenvalue weighted by molar-refractivity contribution is 8.01. The summed E-state index contributed by atoms with van der Waals surface area (Å²) in [5.74, 6) is 0. The lowest BCUT2D eigenvalue weighted by Crippen LogP contribution is -2.13. The normalized spacial score (nSPS) is 10.8. The number of nitrogens with one attached hydrogen (secondary N) is 1. The molecule has 0 radical (unpaired) electrons. The van der Waals surface area contributed by atoms with Gasteiger partial charge in [0.2, 0.25) is 0 Å². The van der Waals surface area contributed by atoms with E-state index >= 15 is 0 Å². The maximum atomic E-state index is 6.27. The number of aromatic nitrogens is 2. The Labute approximate surface area is 120 Å². The number of rotatable bonds is 6. The molecule has 0 aliphatic rings. The van der Waals surface area contributed by atoms with Crippen LogP contribution in [0.2, 0.25) is 5.02 Å². The van der Waals surface area contributed by atoms with Crippen LogP contribution >= 0.6 is 34.9 Å². The molecule has 0 atom stereocenters. The molecular formula is C12H14ClN3S2. The third-order valence-electron chi connectivity index (χ3n) is 2.29. The van der Waals surface area contributed by atoms with E-state index in [0.717, 1.165) is 33.8 Å². The molecule has 0 spiro atoms. The Kier molecular flexibility index (Phi) is 5.44. The second-order valence-electron chi connectivity index (χ2n) is 3.75. The summed E-state index contributed by atoms with van der Waals surface area (Å²) in [7, 11) is 0. The molecule has 18 heavy (non-hydrogen) atoms. The minimum atomic E-state index is 0.769. The summed E-state index contributed by atoms with van der Waals surface area (Å²) >= 11 is 9.20. The van der Waals surface area contributed by atoms with Crippen molar-refractivity contribution < 1.29 is 0 Å². The average Bonchev–Trinajstić information content (AvgIpc) is 2.86. The first-order chi connectivity index (χ1) is 8.79. The van der Waals surface area contributed by atoms with Crippen LogP contribution in [-0.2, 0) is 6.54 Å². The molecule has 0 aliphatic heterocycles. The van der Waals surface area contributed by atoms with Gasteiger partial charge in [-0.3, -0.25) is 0 Å². The van der Waals surface area contributed by atoms with Crippen LogP contribution in [0.1, 0.15) is 18.9 Å². The van der Waals surface area contributed by atoms with Gasteiger partial charge in [0.1, 0.15) is 6.33 Å². The first-order valence-corrected chi connectivity index (χ1v) is 7.70. The largest absolute Gasteiger partial charge is 0.313 e. The highest BCUT2D eigenvalue weighted by atomic mass is 35.5. The van der Waals surface area contributed by atoms with E-state index < -0.39 is 0 Å². The molecule has 1 N–H and O–H groups in total. The Hall–Kier alpha value is -0.620. The summed E-state index contributed by atoms with van der Waals surface area (Å²) in [4.78, 5) is 5.16. The van der Waals surface area contributed by atoms with Crippen LogP contribution < -0.4 is 5.32 Å². The molecule has 0 saturated heterocycles. The van der Waals surface area contributed by atoms with Crippen molar-refractivity contribution in [2.45, 2.75) is 29.1 Å². The van der Waals surface area contributed by atoms with Gasteiger partial charge in [-0.25, -0.2) is 4.98 Å². The third-order valence-corrected chi connectivity index (χ3v) is 4.51. The zero-order valence-electron chi connectivity index (χ0n) is 10.0. The van der Waals surface area contributed by atoms with E-state index in [0.29, 0.717) is 0 Å². The smallest absolute Gasteiger partial charge is 0.174 e. The van der Waals surface area contributed by atoms with Crippen molar-refractivity contribution in [2.24, 2.45) is 0 Å². The highest BCUT2D eigenvalue weighted by Gasteiger charge is 2.06. The average molecular weight is 300 g/mol. The van der Waals surface area contributed by atoms with Crippen molar-refractivity contribution in [3.8, 4) is 0 Å². The number of halogens is 1.